The average Bonchev–Trinajstić information content (AvgIpc) is 2.43. The number of nitrogens with zero attached hydrogens (tertiary/aromatic N) is 2. The van der Waals surface area contributed by atoms with Crippen LogP contribution in [-0.2, 0) is 0 Å². The summed E-state index contributed by atoms with van der Waals surface area (Å²) in [5.74, 6) is -2.60. The normalized spacial score (nSPS) is 15.8. The molecule has 2 aromatic rings. The fourth-order valence-corrected chi connectivity index (χ4v) is 3.08. The summed E-state index contributed by atoms with van der Waals surface area (Å²) in [6.45, 7) is 2.56. The van der Waals surface area contributed by atoms with Gasteiger partial charge in [0.1, 0.15) is 22.2 Å². The molecule has 0 radical (unpaired) electrons. The number of benzene rings is 1. The van der Waals surface area contributed by atoms with Crippen molar-refractivity contribution in [2.45, 2.75) is 24.8 Å². The number of carbonyl (C=O) groups is 1. The van der Waals surface area contributed by atoms with E-state index >= 15 is 0 Å². The lowest BCUT2D eigenvalue weighted by molar-refractivity contribution is 0.0994. The number of aryl methyl sites for hydroxylation is 1. The first kappa shape index (κ1) is 19.8. The minimum atomic E-state index is -10.0. The van der Waals surface area contributed by atoms with Gasteiger partial charge >= 0.3 is 10.2 Å². The lowest BCUT2D eigenvalue weighted by atomic mass is 10.1. The molecule has 0 spiro atoms. The number of hydrogen-bond donors (Lipinski definition) is 1. The minimum Gasteiger partial charge on any atom is -0.364 e. The highest BCUT2D eigenvalue weighted by Crippen LogP contribution is 3.02. The second-order valence-electron chi connectivity index (χ2n) is 5.59. The Bertz CT molecular complexity index is 972. The first-order chi connectivity index (χ1) is 11.5. The van der Waals surface area contributed by atoms with Crippen molar-refractivity contribution in [1.29, 1.82) is 0 Å². The van der Waals surface area contributed by atoms with E-state index in [9.17, 15) is 33.4 Å². The molecule has 1 amide bonds. The monoisotopic (exact) mass is 401 g/mol. The molecule has 1 aromatic carbocycles. The molecule has 1 aromatic heterocycles. The van der Waals surface area contributed by atoms with Crippen LogP contribution < -0.4 is 11.3 Å². The Balaban J connectivity index is 2.58. The summed E-state index contributed by atoms with van der Waals surface area (Å²) >= 11 is 0. The predicted octanol–water partition coefficient (Wildman–Crippen LogP) is 4.06. The Kier molecular flexibility index (Phi) is 4.00. The Morgan fingerprint density at radius 1 is 1.19 bits per heavy atom. The van der Waals surface area contributed by atoms with Crippen LogP contribution in [0.1, 0.15) is 34.8 Å². The van der Waals surface area contributed by atoms with Gasteiger partial charge < -0.3 is 5.73 Å². The SMILES string of the molecule is Cc1nc(C(N)=O)cc(=O)n1C(C)c1ccc(S(F)(F)(F)(F)F)cc1F. The van der Waals surface area contributed by atoms with Crippen LogP contribution in [0.15, 0.2) is 34.0 Å². The maximum absolute atomic E-state index is 14.1. The van der Waals surface area contributed by atoms with Crippen molar-refractivity contribution in [2.24, 2.45) is 5.73 Å². The highest BCUT2D eigenvalue weighted by atomic mass is 32.5. The molecular weight excluding hydrogens is 388 g/mol. The zero-order valence-corrected chi connectivity index (χ0v) is 14.2. The van der Waals surface area contributed by atoms with E-state index < -0.39 is 44.0 Å². The third-order valence-corrected chi connectivity index (χ3v) is 4.78. The molecule has 0 bridgehead atoms. The fraction of sp³-hybridized carbons (Fsp3) is 0.214. The Labute approximate surface area is 143 Å². The van der Waals surface area contributed by atoms with Gasteiger partial charge in [0, 0.05) is 11.6 Å². The van der Waals surface area contributed by atoms with E-state index in [0.29, 0.717) is 6.07 Å². The minimum absolute atomic E-state index is 0.0576. The molecule has 1 atom stereocenters. The molecular formula is C14H13F6N3O2S. The molecule has 0 fully saturated rings. The van der Waals surface area contributed by atoms with E-state index in [1.54, 1.807) is 0 Å². The predicted molar refractivity (Wildman–Crippen MR) is 83.4 cm³/mol. The molecule has 1 unspecified atom stereocenters. The summed E-state index contributed by atoms with van der Waals surface area (Å²) in [6.07, 6.45) is 0. The van der Waals surface area contributed by atoms with Crippen molar-refractivity contribution >= 4 is 16.1 Å². The van der Waals surface area contributed by atoms with Gasteiger partial charge in [-0.15, -0.1) is 0 Å². The average molecular weight is 401 g/mol. The molecule has 2 rings (SSSR count). The van der Waals surface area contributed by atoms with Gasteiger partial charge in [0.05, 0.1) is 6.04 Å². The number of rotatable bonds is 4. The summed E-state index contributed by atoms with van der Waals surface area (Å²) in [5, 5.41) is 0. The molecule has 0 aliphatic heterocycles. The zero-order chi connectivity index (χ0) is 20.1. The first-order valence-corrected chi connectivity index (χ1v) is 8.90. The Morgan fingerprint density at radius 3 is 2.19 bits per heavy atom. The van der Waals surface area contributed by atoms with Crippen LogP contribution in [0.3, 0.4) is 0 Å². The summed E-state index contributed by atoms with van der Waals surface area (Å²) < 4.78 is 78.8. The number of aromatic nitrogens is 2. The van der Waals surface area contributed by atoms with Gasteiger partial charge in [-0.3, -0.25) is 14.2 Å². The van der Waals surface area contributed by atoms with E-state index in [1.165, 1.54) is 13.8 Å². The summed E-state index contributed by atoms with van der Waals surface area (Å²) in [4.78, 5) is 24.6. The zero-order valence-electron chi connectivity index (χ0n) is 13.4. The van der Waals surface area contributed by atoms with Crippen LogP contribution in [0.2, 0.25) is 0 Å². The first-order valence-electron chi connectivity index (χ1n) is 6.95. The number of carbonyl (C=O) groups excluding carboxylic acids is 1. The van der Waals surface area contributed by atoms with Gasteiger partial charge in [0.15, 0.2) is 0 Å². The van der Waals surface area contributed by atoms with Gasteiger partial charge in [0.2, 0.25) is 0 Å². The van der Waals surface area contributed by atoms with Crippen molar-refractivity contribution < 1.29 is 28.6 Å². The van der Waals surface area contributed by atoms with Crippen LogP contribution >= 0.6 is 10.2 Å². The van der Waals surface area contributed by atoms with Crippen molar-refractivity contribution in [2.75, 3.05) is 0 Å². The quantitative estimate of drug-likeness (QED) is 0.785. The summed E-state index contributed by atoms with van der Waals surface area (Å²) in [5.41, 5.74) is 3.43. The molecule has 1 heterocycles. The van der Waals surface area contributed by atoms with Crippen molar-refractivity contribution in [1.82, 2.24) is 9.55 Å². The van der Waals surface area contributed by atoms with E-state index in [2.05, 4.69) is 4.98 Å². The second kappa shape index (κ2) is 5.25. The number of amides is 1. The van der Waals surface area contributed by atoms with Crippen LogP contribution in [-0.4, -0.2) is 15.5 Å². The van der Waals surface area contributed by atoms with Gasteiger partial charge in [0.25, 0.3) is 11.5 Å². The summed E-state index contributed by atoms with van der Waals surface area (Å²) in [6, 6.07) is -0.112. The van der Waals surface area contributed by atoms with Crippen molar-refractivity contribution in [3.05, 3.63) is 57.5 Å². The lowest BCUT2D eigenvalue weighted by Gasteiger charge is -2.40. The molecule has 26 heavy (non-hydrogen) atoms. The number of nitrogens with two attached hydrogens (primary N) is 1. The number of primary amides is 1. The van der Waals surface area contributed by atoms with Gasteiger partial charge in [-0.25, -0.2) is 9.37 Å². The van der Waals surface area contributed by atoms with E-state index in [4.69, 9.17) is 5.73 Å². The highest BCUT2D eigenvalue weighted by molar-refractivity contribution is 8.45. The molecule has 0 saturated heterocycles. The smallest absolute Gasteiger partial charge is 0.310 e. The Morgan fingerprint density at radius 2 is 1.77 bits per heavy atom. The fourth-order valence-electron chi connectivity index (χ4n) is 2.43. The van der Waals surface area contributed by atoms with E-state index in [1.807, 2.05) is 0 Å². The topological polar surface area (TPSA) is 78.0 Å². The molecule has 0 saturated carbocycles. The molecule has 0 aliphatic carbocycles. The largest absolute Gasteiger partial charge is 0.364 e. The second-order valence-corrected chi connectivity index (χ2v) is 8.00. The summed E-state index contributed by atoms with van der Waals surface area (Å²) in [7, 11) is -10.0. The molecule has 12 heteroatoms. The van der Waals surface area contributed by atoms with Crippen LogP contribution in [0.4, 0.5) is 23.8 Å². The molecule has 0 aliphatic rings. The van der Waals surface area contributed by atoms with Gasteiger partial charge in [-0.1, -0.05) is 25.5 Å². The maximum Gasteiger partial charge on any atom is 0.310 e. The highest BCUT2D eigenvalue weighted by Gasteiger charge is 2.65. The van der Waals surface area contributed by atoms with Crippen LogP contribution in [0.25, 0.3) is 0 Å². The number of halogens is 6. The van der Waals surface area contributed by atoms with Crippen molar-refractivity contribution in [3.8, 4) is 0 Å². The van der Waals surface area contributed by atoms with Gasteiger partial charge in [-0.05, 0) is 26.0 Å². The Hall–Kier alpha value is -2.50. The molecule has 2 N–H and O–H groups in total. The third-order valence-electron chi connectivity index (χ3n) is 3.64. The van der Waals surface area contributed by atoms with Gasteiger partial charge in [-0.2, -0.15) is 0 Å². The third kappa shape index (κ3) is 3.84. The maximum atomic E-state index is 14.1. The van der Waals surface area contributed by atoms with E-state index in [-0.39, 0.29) is 23.7 Å². The standard InChI is InChI=1S/C14H13F6N3O2S/c1-7(23-8(2)22-12(14(21)25)6-13(23)24)10-4-3-9(5-11(10)15)26(16,17,18,19)20/h3-7H,1-2H3,(H2,21,25). The number of hydrogen-bond acceptors (Lipinski definition) is 3. The van der Waals surface area contributed by atoms with Crippen LogP contribution in [0.5, 0.6) is 0 Å². The van der Waals surface area contributed by atoms with E-state index in [0.717, 1.165) is 10.6 Å². The molecule has 5 nitrogen and oxygen atoms in total. The molecule has 144 valence electrons. The van der Waals surface area contributed by atoms with Crippen molar-refractivity contribution in [3.63, 3.8) is 0 Å². The van der Waals surface area contributed by atoms with Crippen LogP contribution in [0, 0.1) is 12.7 Å². The lowest BCUT2D eigenvalue weighted by Crippen LogP contribution is -2.30.